The Morgan fingerprint density at radius 3 is 2.34 bits per heavy atom. The molecule has 1 atom stereocenters. The molecule has 0 heterocycles. The summed E-state index contributed by atoms with van der Waals surface area (Å²) in [5.41, 5.74) is 2.02. The Hall–Kier alpha value is -2.58. The van der Waals surface area contributed by atoms with Crippen molar-refractivity contribution in [3.8, 4) is 0 Å². The third-order valence-corrected chi connectivity index (χ3v) is 6.47. The topological polar surface area (TPSA) is 86.8 Å². The molecule has 7 nitrogen and oxygen atoms in total. The second-order valence-corrected chi connectivity index (χ2v) is 9.94. The smallest absolute Gasteiger partial charge is 0.244 e. The summed E-state index contributed by atoms with van der Waals surface area (Å²) in [6, 6.07) is 13.7. The fourth-order valence-electron chi connectivity index (χ4n) is 3.39. The Labute approximate surface area is 195 Å². The summed E-state index contributed by atoms with van der Waals surface area (Å²) in [7, 11) is -3.76. The molecule has 9 heteroatoms. The zero-order chi connectivity index (χ0) is 23.9. The minimum absolute atomic E-state index is 0.276. The summed E-state index contributed by atoms with van der Waals surface area (Å²) >= 11 is 6.01. The summed E-state index contributed by atoms with van der Waals surface area (Å²) in [6.45, 7) is 5.47. The van der Waals surface area contributed by atoms with Gasteiger partial charge in [-0.25, -0.2) is 8.42 Å². The van der Waals surface area contributed by atoms with E-state index in [0.29, 0.717) is 29.2 Å². The molecular formula is C23H30ClN3O4S. The molecular weight excluding hydrogens is 450 g/mol. The number of anilines is 1. The maximum atomic E-state index is 13.3. The van der Waals surface area contributed by atoms with Crippen LogP contribution in [0.3, 0.4) is 0 Å². The van der Waals surface area contributed by atoms with Crippen LogP contribution in [0.1, 0.15) is 25.0 Å². The van der Waals surface area contributed by atoms with E-state index in [1.807, 2.05) is 30.3 Å². The normalized spacial score (nSPS) is 12.2. The van der Waals surface area contributed by atoms with Crippen molar-refractivity contribution in [2.24, 2.45) is 0 Å². The van der Waals surface area contributed by atoms with E-state index < -0.39 is 28.5 Å². The first-order valence-corrected chi connectivity index (χ1v) is 12.6. The molecule has 1 N–H and O–H groups in total. The molecule has 0 fully saturated rings. The van der Waals surface area contributed by atoms with Gasteiger partial charge in [0.05, 0.1) is 11.9 Å². The van der Waals surface area contributed by atoms with Gasteiger partial charge in [-0.2, -0.15) is 0 Å². The minimum Gasteiger partial charge on any atom is -0.355 e. The molecule has 0 aromatic heterocycles. The van der Waals surface area contributed by atoms with E-state index >= 15 is 0 Å². The van der Waals surface area contributed by atoms with E-state index in [0.717, 1.165) is 16.1 Å². The number of carbonyl (C=O) groups excluding carboxylic acids is 2. The Kier molecular flexibility index (Phi) is 9.09. The molecule has 0 saturated carbocycles. The number of aryl methyl sites for hydroxylation is 1. The highest BCUT2D eigenvalue weighted by molar-refractivity contribution is 7.92. The summed E-state index contributed by atoms with van der Waals surface area (Å²) in [6.07, 6.45) is 1.59. The van der Waals surface area contributed by atoms with Gasteiger partial charge in [0.2, 0.25) is 21.8 Å². The number of rotatable bonds is 10. The molecule has 32 heavy (non-hydrogen) atoms. The predicted octanol–water partition coefficient (Wildman–Crippen LogP) is 3.01. The lowest BCUT2D eigenvalue weighted by Gasteiger charge is -2.31. The number of amides is 2. The molecule has 0 aliphatic carbocycles. The number of nitrogens with one attached hydrogen (secondary N) is 1. The van der Waals surface area contributed by atoms with Crippen molar-refractivity contribution < 1.29 is 18.0 Å². The van der Waals surface area contributed by atoms with Gasteiger partial charge < -0.3 is 10.2 Å². The van der Waals surface area contributed by atoms with Crippen LogP contribution in [0.4, 0.5) is 5.69 Å². The first kappa shape index (κ1) is 25.7. The maximum Gasteiger partial charge on any atom is 0.244 e. The molecule has 0 aliphatic rings. The van der Waals surface area contributed by atoms with Crippen molar-refractivity contribution >= 4 is 39.1 Å². The minimum atomic E-state index is -3.76. The first-order valence-electron chi connectivity index (χ1n) is 10.4. The van der Waals surface area contributed by atoms with Crippen LogP contribution in [-0.4, -0.2) is 57.1 Å². The first-order chi connectivity index (χ1) is 15.0. The van der Waals surface area contributed by atoms with Gasteiger partial charge >= 0.3 is 0 Å². The average Bonchev–Trinajstić information content (AvgIpc) is 2.72. The van der Waals surface area contributed by atoms with Crippen LogP contribution in [0, 0.1) is 6.92 Å². The lowest BCUT2D eigenvalue weighted by Crippen LogP contribution is -2.52. The Bertz CT molecular complexity index is 1040. The highest BCUT2D eigenvalue weighted by Crippen LogP contribution is 2.26. The van der Waals surface area contributed by atoms with Gasteiger partial charge in [0.1, 0.15) is 12.6 Å². The number of carbonyl (C=O) groups is 2. The van der Waals surface area contributed by atoms with Crippen molar-refractivity contribution in [1.29, 1.82) is 0 Å². The number of nitrogens with zero attached hydrogens (tertiary/aromatic N) is 2. The highest BCUT2D eigenvalue weighted by Gasteiger charge is 2.30. The number of hydrogen-bond donors (Lipinski definition) is 1. The van der Waals surface area contributed by atoms with Gasteiger partial charge in [0.25, 0.3) is 0 Å². The SMILES string of the molecule is CCNC(=O)C(C)N(CCc1ccccc1)C(=O)CN(c1ccc(Cl)cc1C)S(C)(=O)=O. The molecule has 2 aromatic carbocycles. The molecule has 0 spiro atoms. The molecule has 0 saturated heterocycles. The van der Waals surface area contributed by atoms with Gasteiger partial charge in [0.15, 0.2) is 0 Å². The molecule has 2 rings (SSSR count). The van der Waals surface area contributed by atoms with Crippen LogP contribution in [-0.2, 0) is 26.0 Å². The van der Waals surface area contributed by atoms with E-state index in [2.05, 4.69) is 5.32 Å². The molecule has 2 amide bonds. The van der Waals surface area contributed by atoms with E-state index in [1.165, 1.54) is 4.90 Å². The molecule has 174 valence electrons. The zero-order valence-electron chi connectivity index (χ0n) is 18.8. The summed E-state index contributed by atoms with van der Waals surface area (Å²) in [5, 5.41) is 3.20. The average molecular weight is 480 g/mol. The maximum absolute atomic E-state index is 13.3. The standard InChI is InChI=1S/C23H30ClN3O4S/c1-5-25-23(29)18(3)26(14-13-19-9-7-6-8-10-19)22(28)16-27(32(4,30)31)21-12-11-20(24)15-17(21)2/h6-12,15,18H,5,13-14,16H2,1-4H3,(H,25,29). The van der Waals surface area contributed by atoms with Crippen molar-refractivity contribution in [2.75, 3.05) is 30.2 Å². The molecule has 0 bridgehead atoms. The molecule has 0 radical (unpaired) electrons. The van der Waals surface area contributed by atoms with Crippen LogP contribution < -0.4 is 9.62 Å². The van der Waals surface area contributed by atoms with Crippen LogP contribution in [0.15, 0.2) is 48.5 Å². The van der Waals surface area contributed by atoms with Gasteiger partial charge in [-0.3, -0.25) is 13.9 Å². The largest absolute Gasteiger partial charge is 0.355 e. The predicted molar refractivity (Wildman–Crippen MR) is 128 cm³/mol. The lowest BCUT2D eigenvalue weighted by atomic mass is 10.1. The zero-order valence-corrected chi connectivity index (χ0v) is 20.4. The van der Waals surface area contributed by atoms with E-state index in [1.54, 1.807) is 39.0 Å². The number of sulfonamides is 1. The second kappa shape index (κ2) is 11.3. The van der Waals surface area contributed by atoms with Crippen molar-refractivity contribution in [1.82, 2.24) is 10.2 Å². The van der Waals surface area contributed by atoms with E-state index in [-0.39, 0.29) is 12.5 Å². The molecule has 0 aliphatic heterocycles. The van der Waals surface area contributed by atoms with Crippen molar-refractivity contribution in [2.45, 2.75) is 33.2 Å². The second-order valence-electron chi connectivity index (χ2n) is 7.59. The van der Waals surface area contributed by atoms with Gasteiger partial charge in [-0.15, -0.1) is 0 Å². The molecule has 1 unspecified atom stereocenters. The fraction of sp³-hybridized carbons (Fsp3) is 0.391. The third-order valence-electron chi connectivity index (χ3n) is 5.11. The fourth-order valence-corrected chi connectivity index (χ4v) is 4.52. The monoisotopic (exact) mass is 479 g/mol. The summed E-state index contributed by atoms with van der Waals surface area (Å²) in [4.78, 5) is 27.3. The van der Waals surface area contributed by atoms with Gasteiger partial charge in [-0.05, 0) is 56.5 Å². The number of likely N-dealkylation sites (N-methyl/N-ethyl adjacent to an activating group) is 1. The summed E-state index contributed by atoms with van der Waals surface area (Å²) < 4.78 is 26.2. The number of halogens is 1. The summed E-state index contributed by atoms with van der Waals surface area (Å²) in [5.74, 6) is -0.748. The highest BCUT2D eigenvalue weighted by atomic mass is 35.5. The van der Waals surface area contributed by atoms with E-state index in [9.17, 15) is 18.0 Å². The van der Waals surface area contributed by atoms with Gasteiger partial charge in [-0.1, -0.05) is 41.9 Å². The van der Waals surface area contributed by atoms with Crippen molar-refractivity contribution in [3.05, 3.63) is 64.7 Å². The Balaban J connectivity index is 2.33. The lowest BCUT2D eigenvalue weighted by molar-refractivity contribution is -0.138. The van der Waals surface area contributed by atoms with Crippen LogP contribution >= 0.6 is 11.6 Å². The Morgan fingerprint density at radius 2 is 1.78 bits per heavy atom. The third kappa shape index (κ3) is 6.97. The number of benzene rings is 2. The number of hydrogen-bond acceptors (Lipinski definition) is 4. The van der Waals surface area contributed by atoms with Crippen molar-refractivity contribution in [3.63, 3.8) is 0 Å². The van der Waals surface area contributed by atoms with Crippen LogP contribution in [0.2, 0.25) is 5.02 Å². The molecule has 2 aromatic rings. The van der Waals surface area contributed by atoms with Crippen LogP contribution in [0.25, 0.3) is 0 Å². The van der Waals surface area contributed by atoms with Crippen LogP contribution in [0.5, 0.6) is 0 Å². The van der Waals surface area contributed by atoms with E-state index in [4.69, 9.17) is 11.6 Å². The quantitative estimate of drug-likeness (QED) is 0.567. The van der Waals surface area contributed by atoms with Gasteiger partial charge in [0, 0.05) is 18.1 Å². The Morgan fingerprint density at radius 1 is 1.12 bits per heavy atom.